The number of nitrogens with zero attached hydrogens (tertiary/aromatic N) is 1. The molecule has 0 aliphatic rings. The van der Waals surface area contributed by atoms with Crippen molar-refractivity contribution < 1.29 is 32.9 Å². The molecule has 0 saturated carbocycles. The first kappa shape index (κ1) is 60.7. The van der Waals surface area contributed by atoms with Crippen LogP contribution in [-0.4, -0.2) is 73.4 Å². The van der Waals surface area contributed by atoms with Crippen molar-refractivity contribution in [1.82, 2.24) is 5.32 Å². The first-order chi connectivity index (χ1) is 30.0. The van der Waals surface area contributed by atoms with Crippen LogP contribution in [0, 0.1) is 0 Å². The number of aliphatic hydroxyl groups is 1. The molecule has 0 aromatic rings. The van der Waals surface area contributed by atoms with Gasteiger partial charge in [-0.15, -0.1) is 0 Å². The summed E-state index contributed by atoms with van der Waals surface area (Å²) in [7, 11) is 1.55. The van der Waals surface area contributed by atoms with Crippen molar-refractivity contribution >= 4 is 13.7 Å². The van der Waals surface area contributed by atoms with Crippen LogP contribution in [0.25, 0.3) is 0 Å². The normalized spacial score (nSPS) is 14.4. The Morgan fingerprint density at radius 2 is 0.887 bits per heavy atom. The minimum atomic E-state index is -4.35. The van der Waals surface area contributed by atoms with Gasteiger partial charge in [-0.25, -0.2) is 4.57 Å². The third kappa shape index (κ3) is 46.7. The van der Waals surface area contributed by atoms with Gasteiger partial charge in [0, 0.05) is 6.42 Å². The number of hydrogen-bond donors (Lipinski definition) is 3. The molecule has 0 saturated heterocycles. The molecule has 0 radical (unpaired) electrons. The molecule has 0 bridgehead atoms. The van der Waals surface area contributed by atoms with Crippen LogP contribution in [0.3, 0.4) is 0 Å². The van der Waals surface area contributed by atoms with Crippen molar-refractivity contribution in [2.45, 2.75) is 257 Å². The van der Waals surface area contributed by atoms with Crippen molar-refractivity contribution in [3.63, 3.8) is 0 Å². The van der Waals surface area contributed by atoms with Gasteiger partial charge < -0.3 is 19.8 Å². The lowest BCUT2D eigenvalue weighted by Crippen LogP contribution is -2.45. The zero-order chi connectivity index (χ0) is 45.7. The second-order valence-corrected chi connectivity index (χ2v) is 20.7. The molecule has 0 aromatic carbocycles. The van der Waals surface area contributed by atoms with E-state index in [2.05, 4.69) is 43.5 Å². The van der Waals surface area contributed by atoms with E-state index in [1.165, 1.54) is 180 Å². The van der Waals surface area contributed by atoms with Crippen LogP contribution >= 0.6 is 7.82 Å². The van der Waals surface area contributed by atoms with Crippen molar-refractivity contribution in [3.8, 4) is 0 Å². The fourth-order valence-electron chi connectivity index (χ4n) is 7.66. The van der Waals surface area contributed by atoms with Crippen LogP contribution in [0.15, 0.2) is 36.5 Å². The Hall–Kier alpha value is -1.28. The van der Waals surface area contributed by atoms with E-state index < -0.39 is 20.0 Å². The number of hydrogen-bond acceptors (Lipinski definition) is 5. The summed E-state index contributed by atoms with van der Waals surface area (Å²) < 4.78 is 23.6. The Labute approximate surface area is 385 Å². The number of quaternary nitrogens is 1. The summed E-state index contributed by atoms with van der Waals surface area (Å²) in [5.41, 5.74) is 0. The average Bonchev–Trinajstić information content (AvgIpc) is 3.23. The molecular weight excluding hydrogens is 792 g/mol. The maximum atomic E-state index is 12.9. The van der Waals surface area contributed by atoms with Gasteiger partial charge in [-0.3, -0.25) is 13.8 Å². The summed E-state index contributed by atoms with van der Waals surface area (Å²) in [4.78, 5) is 23.2. The number of rotatable bonds is 48. The maximum absolute atomic E-state index is 12.9. The Kier molecular flexibility index (Phi) is 44.0. The molecule has 0 rings (SSSR count). The smallest absolute Gasteiger partial charge is 0.387 e. The molecule has 62 heavy (non-hydrogen) atoms. The lowest BCUT2D eigenvalue weighted by molar-refractivity contribution is -0.870. The maximum Gasteiger partial charge on any atom is 0.472 e. The average molecular weight is 896 g/mol. The third-order valence-corrected chi connectivity index (χ3v) is 12.8. The molecule has 3 atom stereocenters. The highest BCUT2D eigenvalue weighted by atomic mass is 31.2. The predicted octanol–water partition coefficient (Wildman–Crippen LogP) is 15.4. The summed E-state index contributed by atoms with van der Waals surface area (Å²) >= 11 is 0. The van der Waals surface area contributed by atoms with Gasteiger partial charge in [-0.05, 0) is 44.9 Å². The number of aliphatic hydroxyl groups excluding tert-OH is 1. The number of allylic oxidation sites excluding steroid dienone is 5. The Bertz CT molecular complexity index is 1110. The Morgan fingerprint density at radius 3 is 1.29 bits per heavy atom. The van der Waals surface area contributed by atoms with Crippen molar-refractivity contribution in [1.29, 1.82) is 0 Å². The van der Waals surface area contributed by atoms with Crippen LogP contribution in [0.1, 0.15) is 245 Å². The van der Waals surface area contributed by atoms with Gasteiger partial charge in [0.25, 0.3) is 0 Å². The molecule has 0 aliphatic heterocycles. The standard InChI is InChI=1S/C53H103N2O6P/c1-6-8-10-12-14-16-18-20-22-24-25-26-27-28-29-31-33-35-37-39-41-43-45-47-53(57)54-51(50-61-62(58,59)60-49-48-55(3,4)5)52(56)46-44-42-40-38-36-34-32-30-23-21-19-17-15-13-11-9-7-2/h23,30,36,38,44,46,51-52,56H,6-22,24-29,31-35,37,39-43,45,47-50H2,1-5H3,(H-,54,57,58,59)/p+1/b30-23+,38-36+,46-44+. The zero-order valence-electron chi connectivity index (χ0n) is 41.6. The van der Waals surface area contributed by atoms with E-state index in [1.54, 1.807) is 6.08 Å². The van der Waals surface area contributed by atoms with Crippen molar-refractivity contribution in [2.75, 3.05) is 40.9 Å². The summed E-state index contributed by atoms with van der Waals surface area (Å²) in [6.45, 7) is 4.80. The van der Waals surface area contributed by atoms with Gasteiger partial charge in [0.1, 0.15) is 13.2 Å². The van der Waals surface area contributed by atoms with Gasteiger partial charge in [-0.1, -0.05) is 230 Å². The number of phosphoric ester groups is 1. The molecule has 9 heteroatoms. The molecule has 8 nitrogen and oxygen atoms in total. The fraction of sp³-hybridized carbons (Fsp3) is 0.868. The van der Waals surface area contributed by atoms with Crippen molar-refractivity contribution in [3.05, 3.63) is 36.5 Å². The van der Waals surface area contributed by atoms with Gasteiger partial charge in [-0.2, -0.15) is 0 Å². The summed E-state index contributed by atoms with van der Waals surface area (Å²) in [5, 5.41) is 13.9. The van der Waals surface area contributed by atoms with Crippen LogP contribution in [0.4, 0.5) is 0 Å². The Morgan fingerprint density at radius 1 is 0.532 bits per heavy atom. The summed E-state index contributed by atoms with van der Waals surface area (Å²) in [5.74, 6) is -0.187. The van der Waals surface area contributed by atoms with Crippen LogP contribution < -0.4 is 5.32 Å². The van der Waals surface area contributed by atoms with Crippen LogP contribution in [0.5, 0.6) is 0 Å². The molecule has 3 N–H and O–H groups in total. The highest BCUT2D eigenvalue weighted by Crippen LogP contribution is 2.43. The molecule has 3 unspecified atom stereocenters. The second-order valence-electron chi connectivity index (χ2n) is 19.2. The number of likely N-dealkylation sites (N-methyl/N-ethyl adjacent to an activating group) is 1. The predicted molar refractivity (Wildman–Crippen MR) is 268 cm³/mol. The minimum Gasteiger partial charge on any atom is -0.387 e. The number of phosphoric acid groups is 1. The first-order valence-electron chi connectivity index (χ1n) is 26.4. The van der Waals surface area contributed by atoms with Crippen LogP contribution in [-0.2, 0) is 18.4 Å². The van der Waals surface area contributed by atoms with E-state index in [1.807, 2.05) is 27.2 Å². The summed E-state index contributed by atoms with van der Waals surface area (Å²) in [6.07, 6.45) is 56.6. The Balaban J connectivity index is 4.29. The zero-order valence-corrected chi connectivity index (χ0v) is 42.5. The summed E-state index contributed by atoms with van der Waals surface area (Å²) in [6, 6.07) is -0.867. The molecular formula is C53H104N2O6P+. The largest absolute Gasteiger partial charge is 0.472 e. The monoisotopic (exact) mass is 896 g/mol. The molecule has 0 aliphatic carbocycles. The van der Waals surface area contributed by atoms with Gasteiger partial charge >= 0.3 is 7.82 Å². The number of amides is 1. The fourth-order valence-corrected chi connectivity index (χ4v) is 8.40. The van der Waals surface area contributed by atoms with Gasteiger partial charge in [0.2, 0.25) is 5.91 Å². The highest BCUT2D eigenvalue weighted by molar-refractivity contribution is 7.47. The topological polar surface area (TPSA) is 105 Å². The van der Waals surface area contributed by atoms with E-state index in [9.17, 15) is 19.4 Å². The molecule has 0 aromatic heterocycles. The molecule has 1 amide bonds. The van der Waals surface area contributed by atoms with E-state index in [0.29, 0.717) is 17.4 Å². The lowest BCUT2D eigenvalue weighted by atomic mass is 10.0. The lowest BCUT2D eigenvalue weighted by Gasteiger charge is -2.25. The quantitative estimate of drug-likeness (QED) is 0.0243. The SMILES string of the molecule is CCCCCCCCC/C=C/CC/C=C/CC/C=C/C(O)C(COP(=O)(O)OCC[N+](C)(C)C)NC(=O)CCCCCCCCCCCCCCCCCCCCCCCCC. The number of unbranched alkanes of at least 4 members (excludes halogenated alkanes) is 31. The second kappa shape index (κ2) is 44.9. The molecule has 0 spiro atoms. The first-order valence-corrected chi connectivity index (χ1v) is 27.9. The van der Waals surface area contributed by atoms with Crippen LogP contribution in [0.2, 0.25) is 0 Å². The number of carbonyl (C=O) groups is 1. The molecule has 0 heterocycles. The number of nitrogens with one attached hydrogen (secondary N) is 1. The van der Waals surface area contributed by atoms with Crippen molar-refractivity contribution in [2.24, 2.45) is 0 Å². The highest BCUT2D eigenvalue weighted by Gasteiger charge is 2.27. The van der Waals surface area contributed by atoms with E-state index in [0.717, 1.165) is 44.9 Å². The van der Waals surface area contributed by atoms with E-state index >= 15 is 0 Å². The minimum absolute atomic E-state index is 0.0549. The molecule has 0 fully saturated rings. The van der Waals surface area contributed by atoms with Gasteiger partial charge in [0.05, 0.1) is 39.9 Å². The van der Waals surface area contributed by atoms with E-state index in [4.69, 9.17) is 9.05 Å². The number of carbonyl (C=O) groups excluding carboxylic acids is 1. The van der Waals surface area contributed by atoms with Gasteiger partial charge in [0.15, 0.2) is 0 Å². The third-order valence-electron chi connectivity index (χ3n) is 11.8. The van der Waals surface area contributed by atoms with E-state index in [-0.39, 0.29) is 19.1 Å². The molecule has 366 valence electrons.